The second kappa shape index (κ2) is 6.53. The highest BCUT2D eigenvalue weighted by Gasteiger charge is 2.18. The number of phenolic OH excluding ortho intramolecular Hbond substituents is 2. The fourth-order valence-corrected chi connectivity index (χ4v) is 2.80. The molecule has 0 amide bonds. The molecule has 3 aromatic rings. The Morgan fingerprint density at radius 2 is 1.48 bits per heavy atom. The van der Waals surface area contributed by atoms with Crippen LogP contribution in [0.25, 0.3) is 22.4 Å². The Morgan fingerprint density at radius 1 is 0.920 bits per heavy atom. The van der Waals surface area contributed by atoms with Gasteiger partial charge in [-0.3, -0.25) is 4.98 Å². The third-order valence-corrected chi connectivity index (χ3v) is 4.33. The van der Waals surface area contributed by atoms with Crippen molar-refractivity contribution in [2.75, 3.05) is 0 Å². The molecule has 0 aliphatic rings. The van der Waals surface area contributed by atoms with Gasteiger partial charge in [0.2, 0.25) is 0 Å². The van der Waals surface area contributed by atoms with E-state index in [-0.39, 0.29) is 16.4 Å². The zero-order valence-corrected chi connectivity index (χ0v) is 14.2. The average Bonchev–Trinajstić information content (AvgIpc) is 2.60. The molecule has 6 radical (unpaired) electrons. The molecule has 0 unspecified atom stereocenters. The van der Waals surface area contributed by atoms with Gasteiger partial charge in [0.15, 0.2) is 0 Å². The Hall–Kier alpha value is -2.33. The van der Waals surface area contributed by atoms with Crippen LogP contribution in [0.1, 0.15) is 5.56 Å². The number of benzene rings is 2. The van der Waals surface area contributed by atoms with E-state index in [9.17, 15) is 10.2 Å². The lowest BCUT2D eigenvalue weighted by Crippen LogP contribution is -2.28. The van der Waals surface area contributed by atoms with Crippen LogP contribution in [0.4, 0.5) is 0 Å². The van der Waals surface area contributed by atoms with Crippen molar-refractivity contribution >= 4 is 51.5 Å². The maximum absolute atomic E-state index is 10.0. The number of aryl methyl sites for hydroxylation is 1. The molecule has 3 nitrogen and oxygen atoms in total. The van der Waals surface area contributed by atoms with E-state index in [0.29, 0.717) is 16.1 Å². The number of aromatic hydroxyl groups is 2. The highest BCUT2D eigenvalue weighted by Crippen LogP contribution is 2.27. The van der Waals surface area contributed by atoms with E-state index in [1.807, 2.05) is 25.1 Å². The summed E-state index contributed by atoms with van der Waals surface area (Å²) in [6, 6.07) is 9.17. The van der Waals surface area contributed by atoms with Gasteiger partial charge in [-0.2, -0.15) is 0 Å². The zero-order valence-electron chi connectivity index (χ0n) is 13.4. The van der Waals surface area contributed by atoms with Crippen molar-refractivity contribution in [3.63, 3.8) is 0 Å². The summed E-state index contributed by atoms with van der Waals surface area (Å²) in [5.41, 5.74) is 3.12. The molecular weight excluding hydrogens is 330 g/mol. The third kappa shape index (κ3) is 3.02. The predicted octanol–water partition coefficient (Wildman–Crippen LogP) is 1.17. The monoisotopic (exact) mass is 341 g/mol. The normalized spacial score (nSPS) is 10.8. The summed E-state index contributed by atoms with van der Waals surface area (Å²) in [5, 5.41) is 20.7. The minimum absolute atomic E-state index is 0.00283. The molecule has 0 spiro atoms. The lowest BCUT2D eigenvalue weighted by Gasteiger charge is -2.19. The van der Waals surface area contributed by atoms with Crippen molar-refractivity contribution in [3.05, 3.63) is 47.1 Å². The SMILES string of the molecule is [B]c1c(O)c([B])c(-c2cnc(-c3ccc(Cl)cc3)cc2C)c([B])c1O. The number of nitrogens with zero attached hydrogens (tertiary/aromatic N) is 1. The molecule has 0 atom stereocenters. The highest BCUT2D eigenvalue weighted by molar-refractivity contribution is 6.51. The first-order valence-corrected chi connectivity index (χ1v) is 7.80. The summed E-state index contributed by atoms with van der Waals surface area (Å²) < 4.78 is 0. The Kier molecular flexibility index (Phi) is 4.57. The number of halogens is 1. The van der Waals surface area contributed by atoms with E-state index >= 15 is 0 Å². The summed E-state index contributed by atoms with van der Waals surface area (Å²) in [7, 11) is 17.5. The second-order valence-electron chi connectivity index (χ2n) is 5.70. The van der Waals surface area contributed by atoms with Crippen molar-refractivity contribution < 1.29 is 10.2 Å². The highest BCUT2D eigenvalue weighted by atomic mass is 35.5. The molecule has 0 bridgehead atoms. The van der Waals surface area contributed by atoms with Crippen LogP contribution in [0.3, 0.4) is 0 Å². The largest absolute Gasteiger partial charge is 0.509 e. The molecule has 25 heavy (non-hydrogen) atoms. The van der Waals surface area contributed by atoms with E-state index in [0.717, 1.165) is 16.8 Å². The number of phenols is 2. The number of aromatic nitrogens is 1. The van der Waals surface area contributed by atoms with Crippen LogP contribution in [0.2, 0.25) is 5.02 Å². The van der Waals surface area contributed by atoms with Crippen LogP contribution < -0.4 is 16.4 Å². The van der Waals surface area contributed by atoms with Gasteiger partial charge in [0.25, 0.3) is 0 Å². The molecule has 0 saturated heterocycles. The third-order valence-electron chi connectivity index (χ3n) is 4.08. The number of rotatable bonds is 2. The van der Waals surface area contributed by atoms with Crippen LogP contribution in [0, 0.1) is 6.92 Å². The van der Waals surface area contributed by atoms with Crippen molar-refractivity contribution in [2.24, 2.45) is 0 Å². The topological polar surface area (TPSA) is 53.4 Å². The molecule has 2 aromatic carbocycles. The van der Waals surface area contributed by atoms with E-state index in [1.54, 1.807) is 18.3 Å². The van der Waals surface area contributed by atoms with Gasteiger partial charge >= 0.3 is 0 Å². The summed E-state index contributed by atoms with van der Waals surface area (Å²) in [6.07, 6.45) is 1.59. The quantitative estimate of drug-likeness (QED) is 0.688. The van der Waals surface area contributed by atoms with Crippen molar-refractivity contribution in [1.82, 2.24) is 4.98 Å². The molecule has 1 aromatic heterocycles. The Labute approximate surface area is 154 Å². The summed E-state index contributed by atoms with van der Waals surface area (Å²) >= 11 is 5.91. The van der Waals surface area contributed by atoms with Crippen molar-refractivity contribution in [3.8, 4) is 33.9 Å². The van der Waals surface area contributed by atoms with E-state index in [2.05, 4.69) is 4.98 Å². The van der Waals surface area contributed by atoms with Gasteiger partial charge in [0, 0.05) is 22.3 Å². The molecule has 2 N–H and O–H groups in total. The number of hydrogen-bond donors (Lipinski definition) is 2. The first kappa shape index (κ1) is 17.5. The summed E-state index contributed by atoms with van der Waals surface area (Å²) in [6.45, 7) is 1.86. The van der Waals surface area contributed by atoms with Gasteiger partial charge in [-0.25, -0.2) is 0 Å². The molecule has 0 fully saturated rings. The molecule has 116 valence electrons. The Balaban J connectivity index is 2.16. The number of hydrogen-bond acceptors (Lipinski definition) is 3. The molecular formula is C18H11B3ClNO2. The van der Waals surface area contributed by atoms with E-state index in [4.69, 9.17) is 35.1 Å². The molecule has 0 aliphatic heterocycles. The molecule has 0 saturated carbocycles. The minimum atomic E-state index is -0.400. The van der Waals surface area contributed by atoms with Gasteiger partial charge in [0.05, 0.1) is 5.69 Å². The maximum atomic E-state index is 10.0. The average molecular weight is 341 g/mol. The fourth-order valence-electron chi connectivity index (χ4n) is 2.67. The lowest BCUT2D eigenvalue weighted by molar-refractivity contribution is 0.464. The second-order valence-corrected chi connectivity index (χ2v) is 6.14. The smallest absolute Gasteiger partial charge is 0.124 e. The van der Waals surface area contributed by atoms with Gasteiger partial charge < -0.3 is 10.2 Å². The molecule has 3 rings (SSSR count). The van der Waals surface area contributed by atoms with Crippen LogP contribution in [-0.4, -0.2) is 38.7 Å². The Morgan fingerprint density at radius 3 is 2.00 bits per heavy atom. The van der Waals surface area contributed by atoms with Crippen LogP contribution in [-0.2, 0) is 0 Å². The standard InChI is InChI=1S/C18H11B3ClNO2/c1-8-6-12(9-2-4-10(22)5-3-9)23-7-11(8)13-14(19)17(24)16(21)18(25)15(13)20/h2-7,24-25H,1H3. The van der Waals surface area contributed by atoms with Crippen LogP contribution >= 0.6 is 11.6 Å². The first-order chi connectivity index (χ1) is 11.8. The van der Waals surface area contributed by atoms with E-state index < -0.39 is 11.5 Å². The minimum Gasteiger partial charge on any atom is -0.509 e. The summed E-state index contributed by atoms with van der Waals surface area (Å²) in [5.74, 6) is -0.800. The van der Waals surface area contributed by atoms with Crippen LogP contribution in [0.15, 0.2) is 36.5 Å². The van der Waals surface area contributed by atoms with Gasteiger partial charge in [-0.05, 0) is 52.6 Å². The molecule has 1 heterocycles. The summed E-state index contributed by atoms with van der Waals surface area (Å²) in [4.78, 5) is 4.43. The number of pyridine rings is 1. The van der Waals surface area contributed by atoms with Crippen molar-refractivity contribution in [1.29, 1.82) is 0 Å². The first-order valence-electron chi connectivity index (χ1n) is 7.42. The van der Waals surface area contributed by atoms with Crippen molar-refractivity contribution in [2.45, 2.75) is 6.92 Å². The molecule has 0 aliphatic carbocycles. The van der Waals surface area contributed by atoms with Gasteiger partial charge in [0.1, 0.15) is 35.0 Å². The van der Waals surface area contributed by atoms with Crippen LogP contribution in [0.5, 0.6) is 11.5 Å². The maximum Gasteiger partial charge on any atom is 0.124 e. The Bertz CT molecular complexity index is 946. The van der Waals surface area contributed by atoms with Gasteiger partial charge in [-0.15, -0.1) is 0 Å². The predicted molar refractivity (Wildman–Crippen MR) is 104 cm³/mol. The van der Waals surface area contributed by atoms with E-state index in [1.165, 1.54) is 0 Å². The molecule has 7 heteroatoms. The fraction of sp³-hybridized carbons (Fsp3) is 0.0556. The lowest BCUT2D eigenvalue weighted by atomic mass is 9.72. The zero-order chi connectivity index (χ0) is 18.3. The van der Waals surface area contributed by atoms with Gasteiger partial charge in [-0.1, -0.05) is 23.7 Å².